The van der Waals surface area contributed by atoms with E-state index in [1.807, 2.05) is 17.9 Å². The van der Waals surface area contributed by atoms with Crippen LogP contribution in [0.2, 0.25) is 0 Å². The van der Waals surface area contributed by atoms with E-state index in [-0.39, 0.29) is 23.5 Å². The van der Waals surface area contributed by atoms with Crippen LogP contribution in [0.4, 0.5) is 14.5 Å². The van der Waals surface area contributed by atoms with Crippen molar-refractivity contribution in [2.24, 2.45) is 4.99 Å². The molecule has 4 rings (SSSR count). The molecule has 0 fully saturated rings. The Labute approximate surface area is 189 Å². The zero-order valence-corrected chi connectivity index (χ0v) is 17.5. The summed E-state index contributed by atoms with van der Waals surface area (Å²) in [4.78, 5) is 34.0. The Morgan fingerprint density at radius 3 is 2.81 bits per heavy atom. The lowest BCUT2D eigenvalue weighted by molar-refractivity contribution is -0.112. The van der Waals surface area contributed by atoms with Crippen molar-refractivity contribution in [1.82, 2.24) is 15.2 Å². The molecule has 2 aliphatic heterocycles. The fraction of sp³-hybridized carbons (Fsp3) is 0.333. The Morgan fingerprint density at radius 1 is 1.28 bits per heavy atom. The molecule has 1 aromatic carbocycles. The van der Waals surface area contributed by atoms with Gasteiger partial charge in [-0.15, -0.1) is 0 Å². The first-order valence-electron chi connectivity index (χ1n) is 11.9. The van der Waals surface area contributed by atoms with Crippen molar-refractivity contribution in [3.8, 4) is 0 Å². The number of rotatable bonds is 5. The molecule has 3 heterocycles. The standard InChI is InChI=1S/C24H24F2N4O2/c1-3-18-21(31)12-17-19(28-18)6-4-15(22(17)25)13-30-10-8-14(9-11-30)16-5-7-20(24(32)27-2)29-23(16)26/h4-8H,3,9-13H2,1-2H3,(H,27,32)/i2D3. The molecule has 8 heteroatoms. The molecule has 2 aromatic rings. The summed E-state index contributed by atoms with van der Waals surface area (Å²) in [5, 5.41) is 1.78. The Morgan fingerprint density at radius 2 is 2.12 bits per heavy atom. The third-order valence-electron chi connectivity index (χ3n) is 5.78. The third kappa shape index (κ3) is 4.23. The molecule has 32 heavy (non-hydrogen) atoms. The lowest BCUT2D eigenvalue weighted by Crippen LogP contribution is -2.29. The highest BCUT2D eigenvalue weighted by molar-refractivity contribution is 6.41. The number of nitrogens with one attached hydrogen (secondary N) is 1. The molecule has 0 saturated heterocycles. The summed E-state index contributed by atoms with van der Waals surface area (Å²) in [5.41, 5.74) is 2.38. The van der Waals surface area contributed by atoms with Crippen LogP contribution in [0.3, 0.4) is 0 Å². The van der Waals surface area contributed by atoms with Crippen LogP contribution in [-0.2, 0) is 17.8 Å². The molecule has 0 bridgehead atoms. The minimum atomic E-state index is -2.69. The summed E-state index contributed by atoms with van der Waals surface area (Å²) in [6.07, 6.45) is 2.83. The number of hydrogen-bond donors (Lipinski definition) is 1. The van der Waals surface area contributed by atoms with E-state index < -0.39 is 24.6 Å². The molecule has 6 nitrogen and oxygen atoms in total. The highest BCUT2D eigenvalue weighted by Gasteiger charge is 2.25. The van der Waals surface area contributed by atoms with Crippen LogP contribution in [-0.4, -0.2) is 47.4 Å². The topological polar surface area (TPSA) is 74.7 Å². The number of benzene rings is 1. The molecule has 0 spiro atoms. The highest BCUT2D eigenvalue weighted by atomic mass is 19.1. The summed E-state index contributed by atoms with van der Waals surface area (Å²) in [5.74, 6) is -2.41. The van der Waals surface area contributed by atoms with Gasteiger partial charge in [-0.2, -0.15) is 4.39 Å². The van der Waals surface area contributed by atoms with E-state index in [1.165, 1.54) is 12.1 Å². The van der Waals surface area contributed by atoms with Gasteiger partial charge in [0.25, 0.3) is 5.91 Å². The number of carbonyl (C=O) groups is 2. The van der Waals surface area contributed by atoms with Gasteiger partial charge in [0.2, 0.25) is 5.95 Å². The van der Waals surface area contributed by atoms with Gasteiger partial charge in [-0.25, -0.2) is 14.4 Å². The molecule has 166 valence electrons. The summed E-state index contributed by atoms with van der Waals surface area (Å²) < 4.78 is 50.9. The van der Waals surface area contributed by atoms with Crippen molar-refractivity contribution in [3.63, 3.8) is 0 Å². The number of nitrogens with zero attached hydrogens (tertiary/aromatic N) is 3. The smallest absolute Gasteiger partial charge is 0.269 e. The molecule has 0 aliphatic carbocycles. The number of ketones is 1. The number of amides is 1. The number of Topliss-reactive ketones (excluding diaryl/α,β-unsaturated/α-hetero) is 1. The van der Waals surface area contributed by atoms with Gasteiger partial charge in [-0.3, -0.25) is 14.5 Å². The number of carbonyl (C=O) groups excluding carboxylic acids is 2. The van der Waals surface area contributed by atoms with E-state index in [9.17, 15) is 14.0 Å². The van der Waals surface area contributed by atoms with Crippen LogP contribution in [0.5, 0.6) is 0 Å². The van der Waals surface area contributed by atoms with Crippen molar-refractivity contribution >= 4 is 28.7 Å². The van der Waals surface area contributed by atoms with Gasteiger partial charge >= 0.3 is 0 Å². The largest absolute Gasteiger partial charge is 0.354 e. The Bertz CT molecular complexity index is 1260. The van der Waals surface area contributed by atoms with E-state index in [0.29, 0.717) is 60.6 Å². The number of aliphatic imine (C=N–C) groups is 1. The minimum Gasteiger partial charge on any atom is -0.354 e. The number of hydrogen-bond acceptors (Lipinski definition) is 5. The first kappa shape index (κ1) is 18.3. The van der Waals surface area contributed by atoms with Crippen molar-refractivity contribution in [1.29, 1.82) is 0 Å². The molecule has 0 radical (unpaired) electrons. The van der Waals surface area contributed by atoms with Gasteiger partial charge in [0.05, 0.1) is 11.4 Å². The number of fused-ring (bicyclic) bond motifs is 1. The van der Waals surface area contributed by atoms with Crippen molar-refractivity contribution in [3.05, 3.63) is 64.5 Å². The van der Waals surface area contributed by atoms with Gasteiger partial charge in [0.15, 0.2) is 5.78 Å². The van der Waals surface area contributed by atoms with E-state index in [0.717, 1.165) is 0 Å². The molecular weight excluding hydrogens is 414 g/mol. The average molecular weight is 441 g/mol. The SMILES string of the molecule is [2H]C([2H])([2H])NC(=O)c1ccc(C2=CCN(Cc3ccc4c(c3F)CC(=O)C(CC)=N4)CC2)c(F)n1. The van der Waals surface area contributed by atoms with Gasteiger partial charge in [0, 0.05) is 53.8 Å². The van der Waals surface area contributed by atoms with E-state index in [1.54, 1.807) is 17.4 Å². The molecule has 2 aliphatic rings. The van der Waals surface area contributed by atoms with Crippen molar-refractivity contribution in [2.75, 3.05) is 20.1 Å². The quantitative estimate of drug-likeness (QED) is 0.720. The second kappa shape index (κ2) is 9.08. The molecule has 0 unspecified atom stereocenters. The van der Waals surface area contributed by atoms with Crippen molar-refractivity contribution < 1.29 is 22.5 Å². The van der Waals surface area contributed by atoms with Gasteiger partial charge in [-0.05, 0) is 36.6 Å². The maximum atomic E-state index is 15.1. The van der Waals surface area contributed by atoms with Crippen LogP contribution in [0.15, 0.2) is 35.3 Å². The maximum absolute atomic E-state index is 15.1. The molecule has 0 atom stereocenters. The predicted molar refractivity (Wildman–Crippen MR) is 118 cm³/mol. The number of halogens is 2. The summed E-state index contributed by atoms with van der Waals surface area (Å²) >= 11 is 0. The number of aromatic nitrogens is 1. The van der Waals surface area contributed by atoms with Crippen LogP contribution in [0, 0.1) is 11.8 Å². The van der Waals surface area contributed by atoms with Crippen LogP contribution in [0.25, 0.3) is 5.57 Å². The Balaban J connectivity index is 1.45. The molecule has 1 amide bonds. The zero-order chi connectivity index (χ0) is 25.3. The zero-order valence-electron chi connectivity index (χ0n) is 20.5. The second-order valence-electron chi connectivity index (χ2n) is 7.75. The Hall–Kier alpha value is -3.26. The molecule has 1 aromatic heterocycles. The lowest BCUT2D eigenvalue weighted by Gasteiger charge is -2.27. The minimum absolute atomic E-state index is 0.0123. The van der Waals surface area contributed by atoms with Crippen molar-refractivity contribution in [2.45, 2.75) is 32.7 Å². The summed E-state index contributed by atoms with van der Waals surface area (Å²) in [7, 11) is 0. The fourth-order valence-electron chi connectivity index (χ4n) is 4.01. The van der Waals surface area contributed by atoms with E-state index in [4.69, 9.17) is 4.11 Å². The van der Waals surface area contributed by atoms with Gasteiger partial charge in [0.1, 0.15) is 11.5 Å². The van der Waals surface area contributed by atoms with E-state index in [2.05, 4.69) is 9.98 Å². The lowest BCUT2D eigenvalue weighted by atomic mass is 9.96. The van der Waals surface area contributed by atoms with Gasteiger partial charge in [-0.1, -0.05) is 19.1 Å². The maximum Gasteiger partial charge on any atom is 0.269 e. The first-order chi connectivity index (χ1) is 16.6. The molecule has 0 saturated carbocycles. The predicted octanol–water partition coefficient (Wildman–Crippen LogP) is 3.62. The average Bonchev–Trinajstić information content (AvgIpc) is 2.80. The summed E-state index contributed by atoms with van der Waals surface area (Å²) in [6, 6.07) is 6.12. The van der Waals surface area contributed by atoms with Crippen LogP contribution < -0.4 is 5.32 Å². The van der Waals surface area contributed by atoms with E-state index >= 15 is 4.39 Å². The molecule has 1 N–H and O–H groups in total. The third-order valence-corrected chi connectivity index (χ3v) is 5.78. The summed E-state index contributed by atoms with van der Waals surface area (Å²) in [6.45, 7) is 0.473. The van der Waals surface area contributed by atoms with Crippen LogP contribution >= 0.6 is 0 Å². The van der Waals surface area contributed by atoms with Crippen LogP contribution in [0.1, 0.15) is 51.1 Å². The fourth-order valence-corrected chi connectivity index (χ4v) is 4.01. The highest BCUT2D eigenvalue weighted by Crippen LogP contribution is 2.31. The Kier molecular flexibility index (Phi) is 5.20. The number of pyridine rings is 1. The molecular formula is C24H24F2N4O2. The monoisotopic (exact) mass is 441 g/mol. The second-order valence-corrected chi connectivity index (χ2v) is 7.75. The first-order valence-corrected chi connectivity index (χ1v) is 10.4. The normalized spacial score (nSPS) is 18.1. The van der Waals surface area contributed by atoms with Gasteiger partial charge < -0.3 is 5.32 Å².